The van der Waals surface area contributed by atoms with Gasteiger partial charge < -0.3 is 4.90 Å². The van der Waals surface area contributed by atoms with Crippen molar-refractivity contribution < 1.29 is 17.2 Å². The summed E-state index contributed by atoms with van der Waals surface area (Å²) in [5.41, 5.74) is 1.90. The van der Waals surface area contributed by atoms with Crippen molar-refractivity contribution in [2.75, 3.05) is 18.0 Å². The highest BCUT2D eigenvalue weighted by atomic mass is 35.5. The molecule has 1 saturated heterocycles. The molecule has 1 aliphatic heterocycles. The zero-order valence-electron chi connectivity index (χ0n) is 17.1. The maximum Gasteiger partial charge on any atom is 0.185 e. The third kappa shape index (κ3) is 4.93. The van der Waals surface area contributed by atoms with Crippen molar-refractivity contribution in [1.82, 2.24) is 4.98 Å². The Morgan fingerprint density at radius 2 is 1.72 bits per heavy atom. The Hall–Kier alpha value is -1.74. The van der Waals surface area contributed by atoms with E-state index < -0.39 is 26.7 Å². The lowest BCUT2D eigenvalue weighted by molar-refractivity contribution is 0.529. The average molecular weight is 517 g/mol. The molecule has 4 nitrogen and oxygen atoms in total. The Kier molecular flexibility index (Phi) is 6.77. The molecule has 0 bridgehead atoms. The summed E-state index contributed by atoms with van der Waals surface area (Å²) in [6, 6.07) is 6.44. The first-order valence-electron chi connectivity index (χ1n) is 9.97. The number of halogens is 4. The standard InChI is InChI=1S/C22H20Cl2F2N2O2S2/c1-13-6-21(20(24)11-19(13)23)32(29,30)18-2-4-28(5-3-18)22-27-17(12-31-22)9-14-7-15(25)10-16(26)8-14/h6-8,10-12,18H,2-5,9H2,1H3. The number of sulfone groups is 1. The van der Waals surface area contributed by atoms with Crippen molar-refractivity contribution in [2.24, 2.45) is 0 Å². The number of thiazole rings is 1. The summed E-state index contributed by atoms with van der Waals surface area (Å²) < 4.78 is 53.2. The van der Waals surface area contributed by atoms with Gasteiger partial charge in [-0.3, -0.25) is 0 Å². The fourth-order valence-electron chi connectivity index (χ4n) is 3.83. The Balaban J connectivity index is 1.43. The molecule has 0 saturated carbocycles. The van der Waals surface area contributed by atoms with Gasteiger partial charge in [0.25, 0.3) is 0 Å². The smallest absolute Gasteiger partial charge is 0.185 e. The molecule has 1 fully saturated rings. The van der Waals surface area contributed by atoms with Crippen LogP contribution in [0.15, 0.2) is 40.6 Å². The summed E-state index contributed by atoms with van der Waals surface area (Å²) in [6.07, 6.45) is 1.22. The highest BCUT2D eigenvalue weighted by molar-refractivity contribution is 7.92. The van der Waals surface area contributed by atoms with E-state index in [1.165, 1.54) is 35.6 Å². The van der Waals surface area contributed by atoms with Crippen LogP contribution in [-0.4, -0.2) is 31.7 Å². The molecule has 0 radical (unpaired) electrons. The van der Waals surface area contributed by atoms with E-state index in [4.69, 9.17) is 23.2 Å². The summed E-state index contributed by atoms with van der Waals surface area (Å²) in [5.74, 6) is -1.23. The molecule has 0 spiro atoms. The molecule has 10 heteroatoms. The van der Waals surface area contributed by atoms with E-state index in [9.17, 15) is 17.2 Å². The molecule has 2 heterocycles. The van der Waals surface area contributed by atoms with Crippen molar-refractivity contribution in [2.45, 2.75) is 36.3 Å². The average Bonchev–Trinajstić information content (AvgIpc) is 3.18. The molecular formula is C22H20Cl2F2N2O2S2. The van der Waals surface area contributed by atoms with E-state index in [2.05, 4.69) is 4.98 Å². The molecule has 32 heavy (non-hydrogen) atoms. The summed E-state index contributed by atoms with van der Waals surface area (Å²) >= 11 is 13.7. The van der Waals surface area contributed by atoms with Crippen LogP contribution in [0.4, 0.5) is 13.9 Å². The second-order valence-corrected chi connectivity index (χ2v) is 11.7. The Labute approximate surface area is 199 Å². The lowest BCUT2D eigenvalue weighted by atomic mass is 10.1. The molecule has 4 rings (SSSR count). The summed E-state index contributed by atoms with van der Waals surface area (Å²) in [7, 11) is -3.59. The van der Waals surface area contributed by atoms with Crippen LogP contribution in [0.2, 0.25) is 10.0 Å². The quantitative estimate of drug-likeness (QED) is 0.412. The molecule has 2 aromatic carbocycles. The number of piperidine rings is 1. The third-order valence-corrected chi connectivity index (χ3v) is 9.60. The van der Waals surface area contributed by atoms with Gasteiger partial charge in [-0.25, -0.2) is 22.2 Å². The molecule has 1 aliphatic rings. The molecule has 0 atom stereocenters. The van der Waals surface area contributed by atoms with Crippen LogP contribution < -0.4 is 4.90 Å². The summed E-state index contributed by atoms with van der Waals surface area (Å²) in [6.45, 7) is 2.82. The topological polar surface area (TPSA) is 50.3 Å². The number of hydrogen-bond donors (Lipinski definition) is 0. The van der Waals surface area contributed by atoms with Gasteiger partial charge in [-0.2, -0.15) is 0 Å². The van der Waals surface area contributed by atoms with Gasteiger partial charge in [-0.05, 0) is 55.2 Å². The predicted molar refractivity (Wildman–Crippen MR) is 125 cm³/mol. The van der Waals surface area contributed by atoms with Gasteiger partial charge in [-0.15, -0.1) is 11.3 Å². The van der Waals surface area contributed by atoms with Crippen molar-refractivity contribution >= 4 is 49.5 Å². The number of hydrogen-bond acceptors (Lipinski definition) is 5. The molecular weight excluding hydrogens is 497 g/mol. The van der Waals surface area contributed by atoms with Crippen molar-refractivity contribution in [1.29, 1.82) is 0 Å². The maximum atomic E-state index is 13.4. The maximum absolute atomic E-state index is 13.4. The van der Waals surface area contributed by atoms with Crippen LogP contribution in [0.25, 0.3) is 0 Å². The van der Waals surface area contributed by atoms with E-state index in [1.54, 1.807) is 6.92 Å². The van der Waals surface area contributed by atoms with Gasteiger partial charge in [0.05, 0.1) is 20.9 Å². The van der Waals surface area contributed by atoms with Crippen LogP contribution in [0.5, 0.6) is 0 Å². The molecule has 170 valence electrons. The van der Waals surface area contributed by atoms with Crippen LogP contribution in [0.3, 0.4) is 0 Å². The van der Waals surface area contributed by atoms with E-state index in [0.717, 1.165) is 11.2 Å². The van der Waals surface area contributed by atoms with Gasteiger partial charge in [0.2, 0.25) is 0 Å². The van der Waals surface area contributed by atoms with E-state index in [1.807, 2.05) is 10.3 Å². The monoisotopic (exact) mass is 516 g/mol. The Bertz CT molecular complexity index is 1240. The number of aromatic nitrogens is 1. The SMILES string of the molecule is Cc1cc(S(=O)(=O)C2CCN(c3nc(Cc4cc(F)cc(F)c4)cs3)CC2)c(Cl)cc1Cl. The van der Waals surface area contributed by atoms with Gasteiger partial charge in [0.15, 0.2) is 15.0 Å². The molecule has 0 unspecified atom stereocenters. The summed E-state index contributed by atoms with van der Waals surface area (Å²) in [5, 5.41) is 2.67. The van der Waals surface area contributed by atoms with Crippen LogP contribution >= 0.6 is 34.5 Å². The van der Waals surface area contributed by atoms with Crippen molar-refractivity contribution in [3.63, 3.8) is 0 Å². The molecule has 1 aromatic heterocycles. The first-order chi connectivity index (χ1) is 15.1. The number of benzene rings is 2. The van der Waals surface area contributed by atoms with Crippen molar-refractivity contribution in [3.05, 3.63) is 74.2 Å². The number of rotatable bonds is 5. The van der Waals surface area contributed by atoms with E-state index in [-0.39, 0.29) is 9.92 Å². The fourth-order valence-corrected chi connectivity index (χ4v) is 7.28. The summed E-state index contributed by atoms with van der Waals surface area (Å²) in [4.78, 5) is 6.75. The zero-order chi connectivity index (χ0) is 23.0. The minimum atomic E-state index is -3.59. The predicted octanol–water partition coefficient (Wildman–Crippen LogP) is 6.07. The van der Waals surface area contributed by atoms with Crippen molar-refractivity contribution in [3.8, 4) is 0 Å². The lowest BCUT2D eigenvalue weighted by Crippen LogP contribution is -2.39. The van der Waals surface area contributed by atoms with E-state index >= 15 is 0 Å². The zero-order valence-corrected chi connectivity index (χ0v) is 20.3. The van der Waals surface area contributed by atoms with Gasteiger partial charge >= 0.3 is 0 Å². The fraction of sp³-hybridized carbons (Fsp3) is 0.318. The second-order valence-electron chi connectivity index (χ2n) is 7.84. The van der Waals surface area contributed by atoms with Crippen LogP contribution in [0.1, 0.15) is 29.7 Å². The highest BCUT2D eigenvalue weighted by Gasteiger charge is 2.33. The van der Waals surface area contributed by atoms with Gasteiger partial charge in [0.1, 0.15) is 11.6 Å². The minimum Gasteiger partial charge on any atom is -0.348 e. The molecule has 0 N–H and O–H groups in total. The van der Waals surface area contributed by atoms with Crippen LogP contribution in [-0.2, 0) is 16.3 Å². The third-order valence-electron chi connectivity index (χ3n) is 5.52. The van der Waals surface area contributed by atoms with Crippen LogP contribution in [0, 0.1) is 18.6 Å². The second kappa shape index (κ2) is 9.25. The Morgan fingerprint density at radius 3 is 2.38 bits per heavy atom. The first kappa shape index (κ1) is 23.4. The largest absolute Gasteiger partial charge is 0.348 e. The minimum absolute atomic E-state index is 0.123. The number of nitrogens with zero attached hydrogens (tertiary/aromatic N) is 2. The number of aryl methyl sites for hydroxylation is 1. The molecule has 3 aromatic rings. The Morgan fingerprint density at radius 1 is 1.06 bits per heavy atom. The highest BCUT2D eigenvalue weighted by Crippen LogP contribution is 2.34. The molecule has 0 aliphatic carbocycles. The van der Waals surface area contributed by atoms with Gasteiger partial charge in [0, 0.05) is 36.0 Å². The molecule has 0 amide bonds. The normalized spacial score (nSPS) is 15.3. The van der Waals surface area contributed by atoms with E-state index in [0.29, 0.717) is 54.2 Å². The first-order valence-corrected chi connectivity index (χ1v) is 13.2. The lowest BCUT2D eigenvalue weighted by Gasteiger charge is -2.31. The number of anilines is 1. The van der Waals surface area contributed by atoms with Gasteiger partial charge in [-0.1, -0.05) is 23.2 Å².